The van der Waals surface area contributed by atoms with Crippen molar-refractivity contribution < 1.29 is 4.79 Å². The monoisotopic (exact) mass is 254 g/mol. The second-order valence-corrected chi connectivity index (χ2v) is 4.74. The summed E-state index contributed by atoms with van der Waals surface area (Å²) in [7, 11) is 1.98. The topological polar surface area (TPSA) is 33.2 Å². The van der Waals surface area contributed by atoms with Gasteiger partial charge in [0.25, 0.3) is 0 Å². The number of ketones is 1. The van der Waals surface area contributed by atoms with Gasteiger partial charge in [0.05, 0.1) is 5.69 Å². The Morgan fingerprint density at radius 1 is 1.16 bits per heavy atom. The Morgan fingerprint density at radius 2 is 1.84 bits per heavy atom. The third-order valence-electron chi connectivity index (χ3n) is 3.22. The van der Waals surface area contributed by atoms with E-state index in [0.717, 1.165) is 28.2 Å². The van der Waals surface area contributed by atoms with Crippen LogP contribution in [-0.2, 0) is 0 Å². The Kier molecular flexibility index (Phi) is 3.65. The summed E-state index contributed by atoms with van der Waals surface area (Å²) in [5, 5.41) is 0. The zero-order chi connectivity index (χ0) is 14.0. The first-order valence-electron chi connectivity index (χ1n) is 6.27. The first-order chi connectivity index (χ1) is 9.00. The van der Waals surface area contributed by atoms with Crippen LogP contribution in [0.25, 0.3) is 0 Å². The number of para-hydroxylation sites is 1. The number of carbonyl (C=O) groups is 1. The molecule has 19 heavy (non-hydrogen) atoms. The lowest BCUT2D eigenvalue weighted by molar-refractivity contribution is 0.101. The van der Waals surface area contributed by atoms with Crippen LogP contribution in [0.15, 0.2) is 36.5 Å². The highest BCUT2D eigenvalue weighted by atomic mass is 16.1. The number of benzene rings is 1. The number of anilines is 2. The fraction of sp³-hybridized carbons (Fsp3) is 0.250. The van der Waals surface area contributed by atoms with Crippen molar-refractivity contribution >= 4 is 17.2 Å². The van der Waals surface area contributed by atoms with E-state index in [1.54, 1.807) is 6.92 Å². The average Bonchev–Trinajstić information content (AvgIpc) is 2.40. The molecule has 0 saturated carbocycles. The number of Topliss-reactive ketones (excluding diaryl/α,β-unsaturated/α-hetero) is 1. The molecule has 0 bridgehead atoms. The SMILES string of the molecule is CC(=O)c1ccccc1N(C)c1cc(C)ncc1C. The number of nitrogens with zero attached hydrogens (tertiary/aromatic N) is 2. The van der Waals surface area contributed by atoms with Gasteiger partial charge in [-0.2, -0.15) is 0 Å². The van der Waals surface area contributed by atoms with Crippen molar-refractivity contribution in [2.75, 3.05) is 11.9 Å². The molecule has 1 heterocycles. The molecule has 98 valence electrons. The van der Waals surface area contributed by atoms with Crippen molar-refractivity contribution in [1.29, 1.82) is 0 Å². The van der Waals surface area contributed by atoms with Crippen LogP contribution in [-0.4, -0.2) is 17.8 Å². The minimum Gasteiger partial charge on any atom is -0.344 e. The van der Waals surface area contributed by atoms with E-state index in [1.165, 1.54) is 0 Å². The Bertz CT molecular complexity index is 620. The van der Waals surface area contributed by atoms with E-state index in [-0.39, 0.29) is 5.78 Å². The van der Waals surface area contributed by atoms with Crippen LogP contribution in [0, 0.1) is 13.8 Å². The Balaban J connectivity index is 2.53. The number of aromatic nitrogens is 1. The largest absolute Gasteiger partial charge is 0.344 e. The van der Waals surface area contributed by atoms with E-state index in [4.69, 9.17) is 0 Å². The fourth-order valence-electron chi connectivity index (χ4n) is 2.17. The molecule has 0 fully saturated rings. The number of hydrogen-bond acceptors (Lipinski definition) is 3. The van der Waals surface area contributed by atoms with Crippen LogP contribution in [0.2, 0.25) is 0 Å². The van der Waals surface area contributed by atoms with Crippen LogP contribution >= 0.6 is 0 Å². The van der Waals surface area contributed by atoms with Crippen molar-refractivity contribution in [3.05, 3.63) is 53.3 Å². The predicted octanol–water partition coefficient (Wildman–Crippen LogP) is 3.67. The number of aryl methyl sites for hydroxylation is 2. The van der Waals surface area contributed by atoms with Gasteiger partial charge in [-0.25, -0.2) is 0 Å². The van der Waals surface area contributed by atoms with Crippen LogP contribution in [0.5, 0.6) is 0 Å². The van der Waals surface area contributed by atoms with E-state index >= 15 is 0 Å². The lowest BCUT2D eigenvalue weighted by atomic mass is 10.1. The first-order valence-corrected chi connectivity index (χ1v) is 6.27. The molecular weight excluding hydrogens is 236 g/mol. The molecule has 0 atom stereocenters. The Hall–Kier alpha value is -2.16. The van der Waals surface area contributed by atoms with Crippen LogP contribution < -0.4 is 4.90 Å². The van der Waals surface area contributed by atoms with Gasteiger partial charge in [0.2, 0.25) is 0 Å². The number of hydrogen-bond donors (Lipinski definition) is 0. The van der Waals surface area contributed by atoms with E-state index in [2.05, 4.69) is 4.98 Å². The van der Waals surface area contributed by atoms with Gasteiger partial charge >= 0.3 is 0 Å². The maximum absolute atomic E-state index is 11.7. The van der Waals surface area contributed by atoms with Crippen molar-refractivity contribution in [3.63, 3.8) is 0 Å². The van der Waals surface area contributed by atoms with E-state index in [1.807, 2.05) is 62.3 Å². The highest BCUT2D eigenvalue weighted by Gasteiger charge is 2.13. The second kappa shape index (κ2) is 5.22. The van der Waals surface area contributed by atoms with Gasteiger partial charge in [-0.3, -0.25) is 9.78 Å². The van der Waals surface area contributed by atoms with Gasteiger partial charge in [-0.15, -0.1) is 0 Å². The summed E-state index contributed by atoms with van der Waals surface area (Å²) >= 11 is 0. The summed E-state index contributed by atoms with van der Waals surface area (Å²) in [6.45, 7) is 5.58. The molecule has 0 aliphatic heterocycles. The first kappa shape index (κ1) is 13.3. The molecule has 0 unspecified atom stereocenters. The summed E-state index contributed by atoms with van der Waals surface area (Å²) in [5.74, 6) is 0.0749. The van der Waals surface area contributed by atoms with Crippen LogP contribution in [0.4, 0.5) is 11.4 Å². The van der Waals surface area contributed by atoms with E-state index < -0.39 is 0 Å². The zero-order valence-electron chi connectivity index (χ0n) is 11.8. The van der Waals surface area contributed by atoms with Crippen molar-refractivity contribution in [2.45, 2.75) is 20.8 Å². The van der Waals surface area contributed by atoms with Crippen molar-refractivity contribution in [2.24, 2.45) is 0 Å². The normalized spacial score (nSPS) is 10.3. The third-order valence-corrected chi connectivity index (χ3v) is 3.22. The van der Waals surface area contributed by atoms with Crippen molar-refractivity contribution in [1.82, 2.24) is 4.98 Å². The highest BCUT2D eigenvalue weighted by Crippen LogP contribution is 2.29. The molecule has 0 aliphatic carbocycles. The molecule has 0 saturated heterocycles. The summed E-state index contributed by atoms with van der Waals surface area (Å²) in [6, 6.07) is 9.69. The summed E-state index contributed by atoms with van der Waals surface area (Å²) < 4.78 is 0. The summed E-state index contributed by atoms with van der Waals surface area (Å²) in [4.78, 5) is 18.0. The van der Waals surface area contributed by atoms with E-state index in [9.17, 15) is 4.79 Å². The standard InChI is InChI=1S/C16H18N2O/c1-11-10-17-12(2)9-16(11)18(4)15-8-6-5-7-14(15)13(3)19/h5-10H,1-4H3. The number of pyridine rings is 1. The van der Waals surface area contributed by atoms with Gasteiger partial charge in [0.15, 0.2) is 5.78 Å². The molecule has 1 aromatic carbocycles. The minimum atomic E-state index is 0.0749. The lowest BCUT2D eigenvalue weighted by Gasteiger charge is -2.23. The molecule has 0 aliphatic rings. The van der Waals surface area contributed by atoms with Crippen LogP contribution in [0.3, 0.4) is 0 Å². The van der Waals surface area contributed by atoms with E-state index in [0.29, 0.717) is 0 Å². The summed E-state index contributed by atoms with van der Waals surface area (Å²) in [5.41, 5.74) is 4.78. The quantitative estimate of drug-likeness (QED) is 0.783. The predicted molar refractivity (Wildman–Crippen MR) is 78.2 cm³/mol. The maximum atomic E-state index is 11.7. The summed E-state index contributed by atoms with van der Waals surface area (Å²) in [6.07, 6.45) is 1.86. The van der Waals surface area contributed by atoms with Gasteiger partial charge in [0.1, 0.15) is 0 Å². The fourth-order valence-corrected chi connectivity index (χ4v) is 2.17. The minimum absolute atomic E-state index is 0.0749. The van der Waals surface area contributed by atoms with Crippen LogP contribution in [0.1, 0.15) is 28.5 Å². The molecule has 2 aromatic rings. The second-order valence-electron chi connectivity index (χ2n) is 4.74. The third kappa shape index (κ3) is 2.65. The maximum Gasteiger partial charge on any atom is 0.161 e. The number of rotatable bonds is 3. The van der Waals surface area contributed by atoms with Gasteiger partial charge in [-0.1, -0.05) is 12.1 Å². The molecular formula is C16H18N2O. The molecule has 0 radical (unpaired) electrons. The lowest BCUT2D eigenvalue weighted by Crippen LogP contribution is -2.14. The molecule has 3 nitrogen and oxygen atoms in total. The average molecular weight is 254 g/mol. The molecule has 3 heteroatoms. The van der Waals surface area contributed by atoms with Crippen molar-refractivity contribution in [3.8, 4) is 0 Å². The number of carbonyl (C=O) groups excluding carboxylic acids is 1. The molecule has 2 rings (SSSR count). The Morgan fingerprint density at radius 3 is 2.53 bits per heavy atom. The Labute approximate surface area is 113 Å². The molecule has 1 aromatic heterocycles. The van der Waals surface area contributed by atoms with Gasteiger partial charge in [-0.05, 0) is 44.5 Å². The molecule has 0 N–H and O–H groups in total. The highest BCUT2D eigenvalue weighted by molar-refractivity contribution is 6.00. The zero-order valence-corrected chi connectivity index (χ0v) is 11.8. The van der Waals surface area contributed by atoms with Gasteiger partial charge in [0, 0.05) is 30.2 Å². The molecule has 0 spiro atoms. The van der Waals surface area contributed by atoms with Gasteiger partial charge < -0.3 is 4.90 Å². The smallest absolute Gasteiger partial charge is 0.161 e. The molecule has 0 amide bonds.